The van der Waals surface area contributed by atoms with E-state index in [-0.39, 0.29) is 11.0 Å². The predicted octanol–water partition coefficient (Wildman–Crippen LogP) is 1.90. The number of aromatic nitrogens is 2. The van der Waals surface area contributed by atoms with Gasteiger partial charge < -0.3 is 4.74 Å². The Morgan fingerprint density at radius 1 is 1.21 bits per heavy atom. The molecule has 106 valence electrons. The highest BCUT2D eigenvalue weighted by molar-refractivity contribution is 7.91. The largest absolute Gasteiger partial charge is 0.380 e. The topological polar surface area (TPSA) is 69.2 Å². The molecule has 0 N–H and O–H groups in total. The van der Waals surface area contributed by atoms with Gasteiger partial charge in [-0.05, 0) is 25.7 Å². The molecule has 5 nitrogen and oxygen atoms in total. The van der Waals surface area contributed by atoms with E-state index in [0.717, 1.165) is 24.3 Å². The van der Waals surface area contributed by atoms with Crippen molar-refractivity contribution in [2.75, 3.05) is 13.2 Å². The van der Waals surface area contributed by atoms with Crippen LogP contribution in [0.4, 0.5) is 0 Å². The van der Waals surface area contributed by atoms with E-state index in [0.29, 0.717) is 30.6 Å². The van der Waals surface area contributed by atoms with Crippen LogP contribution < -0.4 is 0 Å². The quantitative estimate of drug-likeness (QED) is 0.849. The summed E-state index contributed by atoms with van der Waals surface area (Å²) in [6.45, 7) is 1.01. The number of hydrogen-bond acceptors (Lipinski definition) is 6. The number of sulfone groups is 1. The first kappa shape index (κ1) is 13.5. The summed E-state index contributed by atoms with van der Waals surface area (Å²) in [4.78, 5) is 0. The van der Waals surface area contributed by atoms with E-state index >= 15 is 0 Å². The molecule has 19 heavy (non-hydrogen) atoms. The van der Waals surface area contributed by atoms with Crippen LogP contribution in [0.3, 0.4) is 0 Å². The van der Waals surface area contributed by atoms with E-state index in [4.69, 9.17) is 4.74 Å². The van der Waals surface area contributed by atoms with Crippen molar-refractivity contribution in [3.8, 4) is 0 Å². The molecule has 0 spiro atoms. The van der Waals surface area contributed by atoms with Gasteiger partial charge in [-0.2, -0.15) is 0 Å². The highest BCUT2D eigenvalue weighted by Crippen LogP contribution is 2.37. The van der Waals surface area contributed by atoms with Gasteiger partial charge in [-0.1, -0.05) is 6.42 Å². The van der Waals surface area contributed by atoms with Crippen molar-refractivity contribution in [3.05, 3.63) is 10.0 Å². The van der Waals surface area contributed by atoms with Gasteiger partial charge >= 0.3 is 0 Å². The van der Waals surface area contributed by atoms with Gasteiger partial charge in [-0.15, -0.1) is 21.5 Å². The molecule has 1 saturated carbocycles. The van der Waals surface area contributed by atoms with Crippen LogP contribution in [-0.2, 0) is 20.3 Å². The fraction of sp³-hybridized carbons (Fsp3) is 0.833. The molecule has 1 atom stereocenters. The second-order valence-electron chi connectivity index (χ2n) is 5.31. The summed E-state index contributed by atoms with van der Waals surface area (Å²) in [6, 6.07) is 0. The van der Waals surface area contributed by atoms with Gasteiger partial charge in [-0.25, -0.2) is 8.42 Å². The molecule has 0 aromatic carbocycles. The first-order valence-corrected chi connectivity index (χ1v) is 9.30. The summed E-state index contributed by atoms with van der Waals surface area (Å²) in [5, 5.41) is 9.47. The molecule has 2 fully saturated rings. The fourth-order valence-electron chi connectivity index (χ4n) is 2.43. The van der Waals surface area contributed by atoms with Crippen molar-refractivity contribution in [2.24, 2.45) is 0 Å². The molecule has 1 unspecified atom stereocenters. The Kier molecular flexibility index (Phi) is 3.86. The molecule has 2 aliphatic rings. The maximum absolute atomic E-state index is 12.3. The summed E-state index contributed by atoms with van der Waals surface area (Å²) in [5.41, 5.74) is 0. The van der Waals surface area contributed by atoms with Crippen LogP contribution in [0.5, 0.6) is 0 Å². The van der Waals surface area contributed by atoms with Gasteiger partial charge in [0.2, 0.25) is 0 Å². The summed E-state index contributed by atoms with van der Waals surface area (Å²) < 4.78 is 29.8. The minimum atomic E-state index is -3.15. The van der Waals surface area contributed by atoms with Crippen LogP contribution in [0.15, 0.2) is 0 Å². The summed E-state index contributed by atoms with van der Waals surface area (Å²) in [7, 11) is -3.15. The van der Waals surface area contributed by atoms with Gasteiger partial charge in [0, 0.05) is 12.5 Å². The lowest BCUT2D eigenvalue weighted by atomic mass is 9.86. The smallest absolute Gasteiger partial charge is 0.162 e. The van der Waals surface area contributed by atoms with E-state index in [1.54, 1.807) is 0 Å². The van der Waals surface area contributed by atoms with Crippen LogP contribution in [-0.4, -0.2) is 37.1 Å². The van der Waals surface area contributed by atoms with Crippen LogP contribution >= 0.6 is 11.3 Å². The van der Waals surface area contributed by atoms with Crippen molar-refractivity contribution in [1.82, 2.24) is 10.2 Å². The molecule has 2 heterocycles. The zero-order valence-corrected chi connectivity index (χ0v) is 12.4. The molecule has 1 aromatic rings. The molecule has 0 amide bonds. The van der Waals surface area contributed by atoms with E-state index in [1.165, 1.54) is 17.8 Å². The van der Waals surface area contributed by atoms with Gasteiger partial charge in [0.25, 0.3) is 0 Å². The van der Waals surface area contributed by atoms with Gasteiger partial charge in [-0.3, -0.25) is 0 Å². The third-order valence-electron chi connectivity index (χ3n) is 3.89. The molecular weight excluding hydrogens is 284 g/mol. The van der Waals surface area contributed by atoms with Gasteiger partial charge in [0.05, 0.1) is 11.9 Å². The minimum Gasteiger partial charge on any atom is -0.380 e. The molecule has 7 heteroatoms. The summed E-state index contributed by atoms with van der Waals surface area (Å²) in [6.07, 6.45) is 5.11. The SMILES string of the molecule is O=S(=O)(Cc1nnc(C2CCC2)s1)C1CCCOC1. The predicted molar refractivity (Wildman–Crippen MR) is 73.0 cm³/mol. The van der Waals surface area contributed by atoms with E-state index in [9.17, 15) is 8.42 Å². The first-order valence-electron chi connectivity index (χ1n) is 6.77. The highest BCUT2D eigenvalue weighted by atomic mass is 32.2. The van der Waals surface area contributed by atoms with Crippen molar-refractivity contribution >= 4 is 21.2 Å². The Balaban J connectivity index is 1.67. The van der Waals surface area contributed by atoms with Crippen LogP contribution in [0.25, 0.3) is 0 Å². The number of rotatable bonds is 4. The Morgan fingerprint density at radius 2 is 2.05 bits per heavy atom. The highest BCUT2D eigenvalue weighted by Gasteiger charge is 2.30. The standard InChI is InChI=1S/C12H18N2O3S2/c15-19(16,10-5-2-6-17-7-10)8-11-13-14-12(18-11)9-3-1-4-9/h9-10H,1-8H2. The molecule has 1 aliphatic heterocycles. The molecule has 1 saturated heterocycles. The zero-order valence-electron chi connectivity index (χ0n) is 10.7. The van der Waals surface area contributed by atoms with E-state index in [2.05, 4.69) is 10.2 Å². The second kappa shape index (κ2) is 5.46. The molecule has 0 bridgehead atoms. The second-order valence-corrected chi connectivity index (χ2v) is 8.68. The Hall–Kier alpha value is -0.530. The lowest BCUT2D eigenvalue weighted by Crippen LogP contribution is -2.31. The molecule has 1 aliphatic carbocycles. The number of nitrogens with zero attached hydrogens (tertiary/aromatic N) is 2. The minimum absolute atomic E-state index is 0.0193. The van der Waals surface area contributed by atoms with Crippen LogP contribution in [0, 0.1) is 0 Å². The van der Waals surface area contributed by atoms with Crippen LogP contribution in [0.2, 0.25) is 0 Å². The average Bonchev–Trinajstić information content (AvgIpc) is 2.75. The van der Waals surface area contributed by atoms with E-state index in [1.807, 2.05) is 0 Å². The zero-order chi connectivity index (χ0) is 13.3. The van der Waals surface area contributed by atoms with Crippen molar-refractivity contribution in [1.29, 1.82) is 0 Å². The third-order valence-corrected chi connectivity index (χ3v) is 7.22. The maximum Gasteiger partial charge on any atom is 0.162 e. The number of ether oxygens (including phenoxy) is 1. The normalized spacial score (nSPS) is 25.2. The van der Waals surface area contributed by atoms with Gasteiger partial charge in [0.1, 0.15) is 15.8 Å². The Bertz CT molecular complexity index is 531. The third kappa shape index (κ3) is 2.98. The lowest BCUT2D eigenvalue weighted by Gasteiger charge is -2.22. The fourth-order valence-corrected chi connectivity index (χ4v) is 5.43. The molecule has 1 aromatic heterocycles. The maximum atomic E-state index is 12.3. The van der Waals surface area contributed by atoms with Gasteiger partial charge in [0.15, 0.2) is 9.84 Å². The van der Waals surface area contributed by atoms with Crippen molar-refractivity contribution in [2.45, 2.75) is 49.0 Å². The monoisotopic (exact) mass is 302 g/mol. The Labute approximate surface area is 117 Å². The average molecular weight is 302 g/mol. The van der Waals surface area contributed by atoms with Crippen molar-refractivity contribution < 1.29 is 13.2 Å². The molecular formula is C12H18N2O3S2. The number of hydrogen-bond donors (Lipinski definition) is 0. The molecule has 0 radical (unpaired) electrons. The first-order chi connectivity index (χ1) is 9.15. The summed E-state index contributed by atoms with van der Waals surface area (Å²) >= 11 is 1.47. The van der Waals surface area contributed by atoms with E-state index < -0.39 is 9.84 Å². The van der Waals surface area contributed by atoms with Crippen molar-refractivity contribution in [3.63, 3.8) is 0 Å². The van der Waals surface area contributed by atoms with Crippen LogP contribution in [0.1, 0.15) is 48.0 Å². The Morgan fingerprint density at radius 3 is 2.68 bits per heavy atom. The molecule has 3 rings (SSSR count). The lowest BCUT2D eigenvalue weighted by molar-refractivity contribution is 0.0991. The summed E-state index contributed by atoms with van der Waals surface area (Å²) in [5.74, 6) is 0.540.